The quantitative estimate of drug-likeness (QED) is 0.176. The van der Waals surface area contributed by atoms with Crippen LogP contribution in [-0.2, 0) is 22.9 Å². The van der Waals surface area contributed by atoms with Crippen molar-refractivity contribution in [3.05, 3.63) is 107 Å². The van der Waals surface area contributed by atoms with Gasteiger partial charge in [-0.2, -0.15) is 0 Å². The minimum absolute atomic E-state index is 0.0390. The van der Waals surface area contributed by atoms with Crippen molar-refractivity contribution in [3.63, 3.8) is 0 Å². The highest BCUT2D eigenvalue weighted by atomic mass is 79.9. The number of sulfone groups is 1. The third-order valence-electron chi connectivity index (χ3n) is 9.89. The van der Waals surface area contributed by atoms with Crippen LogP contribution in [0.4, 0.5) is 4.39 Å². The molecule has 262 valence electrons. The number of pyridine rings is 1. The zero-order chi connectivity index (χ0) is 35.5. The molecule has 2 N–H and O–H groups in total. The van der Waals surface area contributed by atoms with Crippen LogP contribution in [0.5, 0.6) is 5.75 Å². The summed E-state index contributed by atoms with van der Waals surface area (Å²) < 4.78 is 53.9. The zero-order valence-electron chi connectivity index (χ0n) is 27.9. The first kappa shape index (κ1) is 33.5. The fraction of sp³-hybridized carbons (Fsp3) is 0.289. The maximum Gasteiger partial charge on any atom is 0.254 e. The molecule has 2 fully saturated rings. The number of ether oxygens (including phenoxy) is 1. The predicted molar refractivity (Wildman–Crippen MR) is 197 cm³/mol. The lowest BCUT2D eigenvalue weighted by molar-refractivity contribution is 0.0573. The first-order valence-corrected chi connectivity index (χ1v) is 19.1. The molecule has 1 aliphatic carbocycles. The second-order valence-corrected chi connectivity index (χ2v) is 16.7. The molecule has 2 aliphatic rings. The molecule has 1 unspecified atom stereocenters. The standard InChI is InChI=1S/C38H36BrFN6O4S/c1-50-34-18-26(37(47)44-21-28(40)19-38(41,23-44)51(48,49)30-13-11-27(39)12-14-30)16-31-35(34)46(22-29-7-4-5-15-42-29)36(43-31)33-17-25-6-2-3-8-32(25)45(33)20-24-9-10-24/h2-8,11-18,24,28H,9-10,19-23,41H2,1H3/t28-,38?/m1/s1. The van der Waals surface area contributed by atoms with Crippen LogP contribution in [-0.4, -0.2) is 69.6 Å². The number of nitrogens with zero attached hydrogens (tertiary/aromatic N) is 5. The average molecular weight is 772 g/mol. The zero-order valence-corrected chi connectivity index (χ0v) is 30.3. The van der Waals surface area contributed by atoms with Gasteiger partial charge in [0, 0.05) is 40.1 Å². The number of aromatic nitrogens is 4. The minimum atomic E-state index is -4.22. The first-order chi connectivity index (χ1) is 24.5. The van der Waals surface area contributed by atoms with Crippen molar-refractivity contribution in [2.24, 2.45) is 11.7 Å². The van der Waals surface area contributed by atoms with Gasteiger partial charge in [0.1, 0.15) is 22.3 Å². The normalized spacial score (nSPS) is 19.5. The predicted octanol–water partition coefficient (Wildman–Crippen LogP) is 6.60. The number of alkyl halides is 1. The summed E-state index contributed by atoms with van der Waals surface area (Å²) in [6.45, 7) is 0.570. The van der Waals surface area contributed by atoms with E-state index in [2.05, 4.69) is 48.2 Å². The van der Waals surface area contributed by atoms with Crippen LogP contribution in [0.3, 0.4) is 0 Å². The lowest BCUT2D eigenvalue weighted by Crippen LogP contribution is -2.63. The minimum Gasteiger partial charge on any atom is -0.494 e. The highest BCUT2D eigenvalue weighted by molar-refractivity contribution is 9.10. The summed E-state index contributed by atoms with van der Waals surface area (Å²) in [6, 6.07) is 25.5. The molecule has 10 nitrogen and oxygen atoms in total. The molecule has 51 heavy (non-hydrogen) atoms. The maximum atomic E-state index is 15.4. The summed E-state index contributed by atoms with van der Waals surface area (Å²) in [5, 5.41) is 1.10. The summed E-state index contributed by atoms with van der Waals surface area (Å²) in [5.41, 5.74) is 10.7. The Morgan fingerprint density at radius 1 is 1.04 bits per heavy atom. The molecule has 1 saturated heterocycles. The van der Waals surface area contributed by atoms with Gasteiger partial charge in [-0.3, -0.25) is 9.78 Å². The van der Waals surface area contributed by atoms with Gasteiger partial charge >= 0.3 is 0 Å². The van der Waals surface area contributed by atoms with Crippen LogP contribution < -0.4 is 10.5 Å². The summed E-state index contributed by atoms with van der Waals surface area (Å²) in [5.74, 6) is 1.12. The van der Waals surface area contributed by atoms with Crippen LogP contribution in [0.15, 0.2) is 100 Å². The van der Waals surface area contributed by atoms with Gasteiger partial charge in [0.2, 0.25) is 0 Å². The molecule has 13 heteroatoms. The highest BCUT2D eigenvalue weighted by Gasteiger charge is 2.49. The Morgan fingerprint density at radius 3 is 2.53 bits per heavy atom. The lowest BCUT2D eigenvalue weighted by Gasteiger charge is -2.41. The topological polar surface area (TPSA) is 125 Å². The molecule has 1 aliphatic heterocycles. The van der Waals surface area contributed by atoms with E-state index in [4.69, 9.17) is 15.5 Å². The van der Waals surface area contributed by atoms with Gasteiger partial charge < -0.3 is 24.5 Å². The SMILES string of the molecule is COc1cc(C(=O)N2C[C@H](F)CC(N)(S(=O)(=O)c3ccc(Br)cc3)C2)cc2nc(-c3cc4ccccc4n3CC3CC3)n(Cc3ccccn3)c12. The van der Waals surface area contributed by atoms with E-state index in [1.165, 1.54) is 37.0 Å². The number of hydrogen-bond donors (Lipinski definition) is 1. The second-order valence-electron chi connectivity index (χ2n) is 13.5. The van der Waals surface area contributed by atoms with Gasteiger partial charge in [-0.15, -0.1) is 0 Å². The molecule has 1 amide bonds. The van der Waals surface area contributed by atoms with E-state index >= 15 is 4.39 Å². The Kier molecular flexibility index (Phi) is 8.47. The van der Waals surface area contributed by atoms with Crippen LogP contribution in [0, 0.1) is 5.92 Å². The van der Waals surface area contributed by atoms with Gasteiger partial charge in [0.25, 0.3) is 5.91 Å². The Labute approximate surface area is 303 Å². The van der Waals surface area contributed by atoms with Gasteiger partial charge in [0.05, 0.1) is 48.5 Å². The number of rotatable bonds is 9. The summed E-state index contributed by atoms with van der Waals surface area (Å²) in [4.78, 5) is 23.1. The number of carbonyl (C=O) groups is 1. The lowest BCUT2D eigenvalue weighted by atomic mass is 10.0. The number of hydrogen-bond acceptors (Lipinski definition) is 7. The van der Waals surface area contributed by atoms with Crippen LogP contribution in [0.1, 0.15) is 35.3 Å². The molecule has 8 rings (SSSR count). The van der Waals surface area contributed by atoms with Crippen LogP contribution in [0.25, 0.3) is 33.5 Å². The highest BCUT2D eigenvalue weighted by Crippen LogP contribution is 2.39. The average Bonchev–Trinajstić information content (AvgIpc) is 3.78. The largest absolute Gasteiger partial charge is 0.494 e. The fourth-order valence-electron chi connectivity index (χ4n) is 7.17. The Bertz CT molecular complexity index is 2390. The van der Waals surface area contributed by atoms with Crippen molar-refractivity contribution >= 4 is 53.6 Å². The molecular formula is C38H36BrFN6O4S. The third-order valence-corrected chi connectivity index (χ3v) is 12.7. The number of nitrogens with two attached hydrogens (primary N) is 1. The van der Waals surface area contributed by atoms with E-state index < -0.39 is 33.2 Å². The Morgan fingerprint density at radius 2 is 1.80 bits per heavy atom. The van der Waals surface area contributed by atoms with Crippen molar-refractivity contribution in [1.29, 1.82) is 0 Å². The number of halogens is 2. The van der Waals surface area contributed by atoms with Crippen LogP contribution in [0.2, 0.25) is 0 Å². The number of fused-ring (bicyclic) bond motifs is 2. The molecular weight excluding hydrogens is 735 g/mol. The Hall–Kier alpha value is -4.59. The van der Waals surface area contributed by atoms with Crippen molar-refractivity contribution in [3.8, 4) is 17.3 Å². The number of benzene rings is 3. The molecule has 2 atom stereocenters. The van der Waals surface area contributed by atoms with Crippen LogP contribution >= 0.6 is 15.9 Å². The van der Waals surface area contributed by atoms with Crippen molar-refractivity contribution in [2.45, 2.75) is 48.3 Å². The smallest absolute Gasteiger partial charge is 0.254 e. The number of likely N-dealkylation sites (tertiary alicyclic amines) is 1. The number of para-hydroxylation sites is 1. The Balaban J connectivity index is 1.23. The number of carbonyl (C=O) groups excluding carboxylic acids is 1. The van der Waals surface area contributed by atoms with Crippen molar-refractivity contribution < 1.29 is 22.3 Å². The number of amides is 1. The monoisotopic (exact) mass is 770 g/mol. The van der Waals surface area contributed by atoms with E-state index in [9.17, 15) is 13.2 Å². The molecule has 0 spiro atoms. The third kappa shape index (κ3) is 6.10. The number of methoxy groups -OCH3 is 1. The molecule has 4 heterocycles. The van der Waals surface area contributed by atoms with Crippen molar-refractivity contribution in [1.82, 2.24) is 24.0 Å². The first-order valence-electron chi connectivity index (χ1n) is 16.8. The molecule has 3 aromatic heterocycles. The van der Waals surface area contributed by atoms with E-state index in [-0.39, 0.29) is 23.5 Å². The van der Waals surface area contributed by atoms with E-state index in [0.29, 0.717) is 39.5 Å². The molecule has 0 radical (unpaired) electrons. The van der Waals surface area contributed by atoms with E-state index in [0.717, 1.165) is 28.8 Å². The number of piperidine rings is 1. The summed E-state index contributed by atoms with van der Waals surface area (Å²) in [6.07, 6.45) is 2.02. The second kappa shape index (κ2) is 12.9. The molecule has 6 aromatic rings. The fourth-order valence-corrected chi connectivity index (χ4v) is 9.13. The van der Waals surface area contributed by atoms with Gasteiger partial charge in [-0.25, -0.2) is 17.8 Å². The number of imidazole rings is 1. The molecule has 1 saturated carbocycles. The summed E-state index contributed by atoms with van der Waals surface area (Å²) >= 11 is 3.31. The van der Waals surface area contributed by atoms with E-state index in [1.807, 2.05) is 30.3 Å². The maximum absolute atomic E-state index is 15.4. The molecule has 3 aromatic carbocycles. The van der Waals surface area contributed by atoms with E-state index in [1.54, 1.807) is 30.5 Å². The summed E-state index contributed by atoms with van der Waals surface area (Å²) in [7, 11) is -2.69. The van der Waals surface area contributed by atoms with Gasteiger partial charge in [0.15, 0.2) is 15.7 Å². The molecule has 0 bridgehead atoms. The van der Waals surface area contributed by atoms with Gasteiger partial charge in [-0.1, -0.05) is 40.2 Å². The van der Waals surface area contributed by atoms with Gasteiger partial charge in [-0.05, 0) is 79.4 Å². The van der Waals surface area contributed by atoms with Crippen molar-refractivity contribution in [2.75, 3.05) is 20.2 Å².